The summed E-state index contributed by atoms with van der Waals surface area (Å²) in [5, 5.41) is 5.37. The van der Waals surface area contributed by atoms with Gasteiger partial charge in [0.1, 0.15) is 0 Å². The molecule has 0 fully saturated rings. The molecule has 9 heteroatoms. The van der Waals surface area contributed by atoms with Crippen molar-refractivity contribution < 1.29 is 19.0 Å². The number of unbranched alkanes of at least 4 members (excludes halogenated alkanes) is 3. The van der Waals surface area contributed by atoms with Crippen LogP contribution in [0.15, 0.2) is 52.4 Å². The zero-order valence-electron chi connectivity index (χ0n) is 19.2. The summed E-state index contributed by atoms with van der Waals surface area (Å²) in [7, 11) is 0. The first-order valence-electron chi connectivity index (χ1n) is 11.6. The van der Waals surface area contributed by atoms with E-state index in [1.54, 1.807) is 9.58 Å². The van der Waals surface area contributed by atoms with Gasteiger partial charge >= 0.3 is 11.3 Å². The van der Waals surface area contributed by atoms with Crippen LogP contribution in [0.25, 0.3) is 11.3 Å². The number of fused-ring (bicyclic) bond motifs is 4. The Bertz CT molecular complexity index is 1290. The van der Waals surface area contributed by atoms with Crippen LogP contribution >= 0.6 is 11.8 Å². The molecule has 2 aliphatic rings. The lowest BCUT2D eigenvalue weighted by molar-refractivity contribution is -0.763. The number of carbonyl (C=O) groups is 1. The standard InChI is InChI=1S/C25H26N4O4S/c1-3-4-5-8-13-34-25-26-23(31)22-18-9-6-7-10-19(18)28(16(2)30)24(29(22)27-25)17-11-12-20-21(14-17)33-15-32-20/h6-7,9-12,14,24H,3-5,8,13,15H2,1-2H3/p+1. The highest BCUT2D eigenvalue weighted by atomic mass is 32.2. The van der Waals surface area contributed by atoms with E-state index < -0.39 is 6.17 Å². The molecule has 1 amide bonds. The number of ether oxygens (including phenoxy) is 2. The Labute approximate surface area is 201 Å². The van der Waals surface area contributed by atoms with E-state index in [1.807, 2.05) is 42.5 Å². The molecule has 2 aromatic carbocycles. The first-order chi connectivity index (χ1) is 16.6. The van der Waals surface area contributed by atoms with Crippen molar-refractivity contribution in [1.82, 2.24) is 10.1 Å². The van der Waals surface area contributed by atoms with Crippen molar-refractivity contribution in [3.05, 3.63) is 58.4 Å². The Morgan fingerprint density at radius 1 is 1.18 bits per heavy atom. The van der Waals surface area contributed by atoms with Crippen LogP contribution in [0.5, 0.6) is 11.5 Å². The SMILES string of the molecule is CCCCCCSc1n[n+]2c(c(=O)[nH]1)-c1ccccc1N(C(C)=O)C2c1ccc2c(c1)OCO2. The van der Waals surface area contributed by atoms with Gasteiger partial charge in [0, 0.05) is 23.3 Å². The summed E-state index contributed by atoms with van der Waals surface area (Å²) in [6, 6.07) is 13.0. The molecule has 0 saturated carbocycles. The van der Waals surface area contributed by atoms with Gasteiger partial charge in [-0.2, -0.15) is 0 Å². The number of carbonyl (C=O) groups excluding carboxylic acids is 1. The van der Waals surface area contributed by atoms with Crippen LogP contribution in [0.3, 0.4) is 0 Å². The average molecular weight is 480 g/mol. The molecule has 0 radical (unpaired) electrons. The van der Waals surface area contributed by atoms with Gasteiger partial charge in [-0.05, 0) is 41.4 Å². The number of benzene rings is 2. The second kappa shape index (κ2) is 9.50. The molecule has 1 unspecified atom stereocenters. The van der Waals surface area contributed by atoms with Gasteiger partial charge in [-0.3, -0.25) is 14.6 Å². The minimum absolute atomic E-state index is 0.149. The van der Waals surface area contributed by atoms with Gasteiger partial charge < -0.3 is 9.47 Å². The summed E-state index contributed by atoms with van der Waals surface area (Å²) in [5.74, 6) is 1.98. The van der Waals surface area contributed by atoms with Crippen molar-refractivity contribution in [3.63, 3.8) is 0 Å². The van der Waals surface area contributed by atoms with Crippen LogP contribution in [0, 0.1) is 0 Å². The normalized spacial score (nSPS) is 15.7. The summed E-state index contributed by atoms with van der Waals surface area (Å²) in [6.07, 6.45) is 3.93. The van der Waals surface area contributed by atoms with Crippen LogP contribution < -0.4 is 24.6 Å². The number of aromatic amines is 1. The van der Waals surface area contributed by atoms with Crippen molar-refractivity contribution >= 4 is 23.4 Å². The quantitative estimate of drug-likeness (QED) is 0.313. The van der Waals surface area contributed by atoms with E-state index in [2.05, 4.69) is 11.9 Å². The highest BCUT2D eigenvalue weighted by Crippen LogP contribution is 2.40. The molecule has 0 bridgehead atoms. The monoisotopic (exact) mass is 479 g/mol. The second-order valence-corrected chi connectivity index (χ2v) is 9.44. The van der Waals surface area contributed by atoms with Crippen molar-refractivity contribution in [3.8, 4) is 22.8 Å². The maximum absolute atomic E-state index is 13.3. The van der Waals surface area contributed by atoms with Crippen molar-refractivity contribution in [2.75, 3.05) is 17.4 Å². The number of thioether (sulfide) groups is 1. The van der Waals surface area contributed by atoms with Gasteiger partial charge in [0.15, 0.2) is 11.5 Å². The number of aromatic nitrogens is 3. The van der Waals surface area contributed by atoms with Gasteiger partial charge in [0.2, 0.25) is 17.9 Å². The van der Waals surface area contributed by atoms with E-state index in [-0.39, 0.29) is 18.3 Å². The number of nitrogens with one attached hydrogen (secondary N) is 1. The fourth-order valence-corrected chi connectivity index (χ4v) is 5.30. The van der Waals surface area contributed by atoms with Crippen LogP contribution in [-0.2, 0) is 4.79 Å². The van der Waals surface area contributed by atoms with Crippen molar-refractivity contribution in [2.24, 2.45) is 0 Å². The Hall–Kier alpha value is -3.33. The Balaban J connectivity index is 1.63. The van der Waals surface area contributed by atoms with Gasteiger partial charge in [-0.25, -0.2) is 4.90 Å². The molecule has 0 aliphatic carbocycles. The topological polar surface area (TPSA) is 88.4 Å². The number of hydrogen-bond donors (Lipinski definition) is 1. The van der Waals surface area contributed by atoms with E-state index in [0.717, 1.165) is 24.2 Å². The number of amides is 1. The van der Waals surface area contributed by atoms with Gasteiger partial charge in [0.25, 0.3) is 6.17 Å². The predicted octanol–water partition coefficient (Wildman–Crippen LogP) is 4.04. The molecule has 34 heavy (non-hydrogen) atoms. The molecular formula is C25H27N4O4S+. The highest BCUT2D eigenvalue weighted by Gasteiger charge is 2.45. The Kier molecular flexibility index (Phi) is 6.28. The zero-order valence-corrected chi connectivity index (χ0v) is 20.1. The first-order valence-corrected chi connectivity index (χ1v) is 12.5. The molecule has 2 aliphatic heterocycles. The predicted molar refractivity (Wildman–Crippen MR) is 129 cm³/mol. The fraction of sp³-hybridized carbons (Fsp3) is 0.360. The number of hydrogen-bond acceptors (Lipinski definition) is 6. The zero-order chi connectivity index (χ0) is 23.7. The third-order valence-corrected chi connectivity index (χ3v) is 6.98. The molecule has 8 nitrogen and oxygen atoms in total. The van der Waals surface area contributed by atoms with Crippen LogP contribution in [0.1, 0.15) is 51.3 Å². The van der Waals surface area contributed by atoms with Crippen LogP contribution in [-0.4, -0.2) is 28.5 Å². The highest BCUT2D eigenvalue weighted by molar-refractivity contribution is 7.99. The second-order valence-electron chi connectivity index (χ2n) is 8.35. The van der Waals surface area contributed by atoms with E-state index in [1.165, 1.54) is 31.5 Å². The largest absolute Gasteiger partial charge is 0.454 e. The fourth-order valence-electron chi connectivity index (χ4n) is 4.45. The number of nitrogens with zero attached hydrogens (tertiary/aromatic N) is 3. The number of rotatable bonds is 7. The summed E-state index contributed by atoms with van der Waals surface area (Å²) >= 11 is 1.53. The molecule has 176 valence electrons. The smallest absolute Gasteiger partial charge is 0.325 e. The molecule has 1 aromatic heterocycles. The van der Waals surface area contributed by atoms with E-state index in [9.17, 15) is 9.59 Å². The maximum Gasteiger partial charge on any atom is 0.325 e. The van der Waals surface area contributed by atoms with Gasteiger partial charge in [-0.1, -0.05) is 50.1 Å². The van der Waals surface area contributed by atoms with E-state index >= 15 is 0 Å². The molecule has 5 rings (SSSR count). The lowest BCUT2D eigenvalue weighted by Crippen LogP contribution is -2.60. The molecule has 0 spiro atoms. The Morgan fingerprint density at radius 2 is 2.00 bits per heavy atom. The van der Waals surface area contributed by atoms with Crippen LogP contribution in [0.4, 0.5) is 5.69 Å². The third kappa shape index (κ3) is 4.04. The molecule has 0 saturated heterocycles. The minimum atomic E-state index is -0.640. The first kappa shape index (κ1) is 22.5. The van der Waals surface area contributed by atoms with Crippen molar-refractivity contribution in [2.45, 2.75) is 50.9 Å². The van der Waals surface area contributed by atoms with Gasteiger partial charge in [-0.15, -0.1) is 0 Å². The number of anilines is 1. The third-order valence-electron chi connectivity index (χ3n) is 6.03. The number of para-hydroxylation sites is 1. The molecule has 3 aromatic rings. The molecule has 1 N–H and O–H groups in total. The summed E-state index contributed by atoms with van der Waals surface area (Å²) in [5.41, 5.74) is 2.31. The summed E-state index contributed by atoms with van der Waals surface area (Å²) in [6.45, 7) is 3.86. The lowest BCUT2D eigenvalue weighted by Gasteiger charge is -2.31. The maximum atomic E-state index is 13.3. The molecule has 1 atom stereocenters. The van der Waals surface area contributed by atoms with E-state index in [0.29, 0.717) is 33.6 Å². The summed E-state index contributed by atoms with van der Waals surface area (Å²) in [4.78, 5) is 30.9. The molecular weight excluding hydrogens is 452 g/mol. The van der Waals surface area contributed by atoms with Gasteiger partial charge in [0.05, 0.1) is 11.3 Å². The lowest BCUT2D eigenvalue weighted by atomic mass is 10.0. The minimum Gasteiger partial charge on any atom is -0.454 e. The van der Waals surface area contributed by atoms with E-state index in [4.69, 9.17) is 14.6 Å². The average Bonchev–Trinajstić information content (AvgIpc) is 3.30. The van der Waals surface area contributed by atoms with Crippen LogP contribution in [0.2, 0.25) is 0 Å². The number of H-pyrrole nitrogens is 1. The summed E-state index contributed by atoms with van der Waals surface area (Å²) < 4.78 is 12.7. The Morgan fingerprint density at radius 3 is 2.82 bits per heavy atom. The van der Waals surface area contributed by atoms with Crippen molar-refractivity contribution in [1.29, 1.82) is 0 Å². The molecule has 3 heterocycles.